The van der Waals surface area contributed by atoms with E-state index in [1.807, 2.05) is 66.7 Å². The number of hydrogen-bond acceptors (Lipinski definition) is 3. The first kappa shape index (κ1) is 21.0. The first-order valence-corrected chi connectivity index (χ1v) is 12.1. The van der Waals surface area contributed by atoms with Crippen LogP contribution < -0.4 is 5.32 Å². The average molecular weight is 428 g/mol. The fourth-order valence-electron chi connectivity index (χ4n) is 3.88. The first-order chi connectivity index (χ1) is 15.0. The molecule has 4 rings (SSSR count). The minimum absolute atomic E-state index is 0.0924. The fraction of sp³-hybridized carbons (Fsp3) is 0.111. The van der Waals surface area contributed by atoms with E-state index in [0.29, 0.717) is 11.4 Å². The topological polar surface area (TPSA) is 46.2 Å². The van der Waals surface area contributed by atoms with E-state index in [1.54, 1.807) is 12.1 Å². The van der Waals surface area contributed by atoms with Crippen molar-refractivity contribution in [2.45, 2.75) is 17.5 Å². The van der Waals surface area contributed by atoms with Gasteiger partial charge in [-0.25, -0.2) is 8.42 Å². The first-order valence-electron chi connectivity index (χ1n) is 10.2. The van der Waals surface area contributed by atoms with Crippen LogP contribution in [0.25, 0.3) is 11.1 Å². The Hall–Kier alpha value is -3.21. The minimum atomic E-state index is -3.36. The lowest BCUT2D eigenvalue weighted by molar-refractivity contribution is 0.601. The molecule has 0 aromatic heterocycles. The van der Waals surface area contributed by atoms with Gasteiger partial charge in [-0.2, -0.15) is 0 Å². The van der Waals surface area contributed by atoms with Gasteiger partial charge in [0, 0.05) is 18.4 Å². The highest BCUT2D eigenvalue weighted by Gasteiger charge is 2.21. The van der Waals surface area contributed by atoms with Crippen molar-refractivity contribution in [3.05, 3.63) is 126 Å². The quantitative estimate of drug-likeness (QED) is 0.415. The van der Waals surface area contributed by atoms with E-state index >= 15 is 0 Å². The second kappa shape index (κ2) is 9.29. The van der Waals surface area contributed by atoms with Gasteiger partial charge >= 0.3 is 0 Å². The molecule has 0 aliphatic carbocycles. The molecular formula is C27H25NO2S. The third-order valence-electron chi connectivity index (χ3n) is 5.33. The molecule has 1 N–H and O–H groups in total. The summed E-state index contributed by atoms with van der Waals surface area (Å²) in [5.41, 5.74) is 5.00. The molecule has 0 amide bonds. The SMILES string of the molecule is CS(=O)(=O)c1ccccc1-c1ccccc1C(NCc1ccccc1)c1ccccc1. The van der Waals surface area contributed by atoms with Gasteiger partial charge in [0.2, 0.25) is 0 Å². The molecule has 3 nitrogen and oxygen atoms in total. The molecule has 0 aliphatic heterocycles. The van der Waals surface area contributed by atoms with Crippen molar-refractivity contribution < 1.29 is 8.42 Å². The maximum Gasteiger partial charge on any atom is 0.176 e. The van der Waals surface area contributed by atoms with Crippen LogP contribution in [0.15, 0.2) is 114 Å². The molecule has 0 saturated carbocycles. The predicted molar refractivity (Wildman–Crippen MR) is 127 cm³/mol. The number of benzene rings is 4. The van der Waals surface area contributed by atoms with Crippen LogP contribution in [0.1, 0.15) is 22.7 Å². The summed E-state index contributed by atoms with van der Waals surface area (Å²) in [5, 5.41) is 3.69. The molecular weight excluding hydrogens is 402 g/mol. The minimum Gasteiger partial charge on any atom is -0.302 e. The summed E-state index contributed by atoms with van der Waals surface area (Å²) in [6.07, 6.45) is 1.26. The molecule has 4 heteroatoms. The molecule has 0 heterocycles. The molecule has 4 aromatic rings. The van der Waals surface area contributed by atoms with E-state index in [1.165, 1.54) is 11.8 Å². The molecule has 0 bridgehead atoms. The summed E-state index contributed by atoms with van der Waals surface area (Å²) in [5.74, 6) is 0. The Kier molecular flexibility index (Phi) is 6.31. The van der Waals surface area contributed by atoms with Crippen LogP contribution in [0.5, 0.6) is 0 Å². The van der Waals surface area contributed by atoms with E-state index in [-0.39, 0.29) is 6.04 Å². The summed E-state index contributed by atoms with van der Waals surface area (Å²) < 4.78 is 24.9. The molecule has 0 fully saturated rings. The average Bonchev–Trinajstić information content (AvgIpc) is 2.80. The van der Waals surface area contributed by atoms with Crippen molar-refractivity contribution in [3.63, 3.8) is 0 Å². The molecule has 4 aromatic carbocycles. The second-order valence-electron chi connectivity index (χ2n) is 7.57. The van der Waals surface area contributed by atoms with Gasteiger partial charge in [-0.15, -0.1) is 0 Å². The Bertz CT molecular complexity index is 1250. The van der Waals surface area contributed by atoms with Crippen LogP contribution in [-0.2, 0) is 16.4 Å². The van der Waals surface area contributed by atoms with Gasteiger partial charge in [-0.1, -0.05) is 103 Å². The zero-order valence-electron chi connectivity index (χ0n) is 17.4. The van der Waals surface area contributed by atoms with Crippen molar-refractivity contribution in [2.24, 2.45) is 0 Å². The van der Waals surface area contributed by atoms with Crippen molar-refractivity contribution in [1.29, 1.82) is 0 Å². The second-order valence-corrected chi connectivity index (χ2v) is 9.55. The van der Waals surface area contributed by atoms with Gasteiger partial charge in [0.05, 0.1) is 10.9 Å². The third-order valence-corrected chi connectivity index (χ3v) is 6.49. The van der Waals surface area contributed by atoms with Gasteiger partial charge in [-0.3, -0.25) is 0 Å². The van der Waals surface area contributed by atoms with Crippen LogP contribution in [0.2, 0.25) is 0 Å². The van der Waals surface area contributed by atoms with Gasteiger partial charge in [0.25, 0.3) is 0 Å². The van der Waals surface area contributed by atoms with Crippen LogP contribution in [0.3, 0.4) is 0 Å². The summed E-state index contributed by atoms with van der Waals surface area (Å²) >= 11 is 0. The van der Waals surface area contributed by atoms with Gasteiger partial charge in [0.1, 0.15) is 0 Å². The van der Waals surface area contributed by atoms with Gasteiger partial charge < -0.3 is 5.32 Å². The molecule has 156 valence electrons. The molecule has 0 radical (unpaired) electrons. The Morgan fingerprint density at radius 3 is 1.90 bits per heavy atom. The summed E-state index contributed by atoms with van der Waals surface area (Å²) in [4.78, 5) is 0.345. The Morgan fingerprint density at radius 2 is 1.23 bits per heavy atom. The van der Waals surface area contributed by atoms with Crippen LogP contribution >= 0.6 is 0 Å². The zero-order chi connectivity index (χ0) is 21.7. The van der Waals surface area contributed by atoms with Crippen LogP contribution in [0, 0.1) is 0 Å². The van der Waals surface area contributed by atoms with Crippen LogP contribution in [-0.4, -0.2) is 14.7 Å². The molecule has 31 heavy (non-hydrogen) atoms. The number of hydrogen-bond donors (Lipinski definition) is 1. The zero-order valence-corrected chi connectivity index (χ0v) is 18.2. The summed E-state index contributed by atoms with van der Waals surface area (Å²) in [6.45, 7) is 0.697. The van der Waals surface area contributed by atoms with Crippen LogP contribution in [0.4, 0.5) is 0 Å². The maximum atomic E-state index is 12.5. The van der Waals surface area contributed by atoms with Crippen molar-refractivity contribution in [1.82, 2.24) is 5.32 Å². The number of sulfone groups is 1. The highest BCUT2D eigenvalue weighted by Crippen LogP contribution is 2.35. The third kappa shape index (κ3) is 4.93. The largest absolute Gasteiger partial charge is 0.302 e. The fourth-order valence-corrected chi connectivity index (χ4v) is 4.78. The molecule has 0 aliphatic rings. The molecule has 1 unspecified atom stereocenters. The smallest absolute Gasteiger partial charge is 0.176 e. The normalized spacial score (nSPS) is 12.4. The monoisotopic (exact) mass is 427 g/mol. The lowest BCUT2D eigenvalue weighted by Crippen LogP contribution is -2.22. The standard InChI is InChI=1S/C27H25NO2S/c1-31(29,30)26-19-11-10-17-24(26)23-16-8-9-18-25(23)27(22-14-6-3-7-15-22)28-20-21-12-4-2-5-13-21/h2-19,27-28H,20H2,1H3. The van der Waals surface area contributed by atoms with Gasteiger partial charge in [-0.05, 0) is 28.3 Å². The Morgan fingerprint density at radius 1 is 0.677 bits per heavy atom. The van der Waals surface area contributed by atoms with Crippen molar-refractivity contribution >= 4 is 9.84 Å². The van der Waals surface area contributed by atoms with Crippen molar-refractivity contribution in [2.75, 3.05) is 6.26 Å². The van der Waals surface area contributed by atoms with Gasteiger partial charge in [0.15, 0.2) is 9.84 Å². The van der Waals surface area contributed by atoms with E-state index in [9.17, 15) is 8.42 Å². The van der Waals surface area contributed by atoms with E-state index in [0.717, 1.165) is 22.3 Å². The summed E-state index contributed by atoms with van der Waals surface area (Å²) in [6, 6.07) is 35.7. The highest BCUT2D eigenvalue weighted by atomic mass is 32.2. The number of rotatable bonds is 7. The highest BCUT2D eigenvalue weighted by molar-refractivity contribution is 7.90. The lowest BCUT2D eigenvalue weighted by atomic mass is 9.90. The van der Waals surface area contributed by atoms with Crippen molar-refractivity contribution in [3.8, 4) is 11.1 Å². The number of nitrogens with one attached hydrogen (secondary N) is 1. The molecule has 1 atom stereocenters. The predicted octanol–water partition coefficient (Wildman–Crippen LogP) is 5.64. The lowest BCUT2D eigenvalue weighted by Gasteiger charge is -2.24. The molecule has 0 spiro atoms. The van der Waals surface area contributed by atoms with E-state index in [2.05, 4.69) is 35.6 Å². The maximum absolute atomic E-state index is 12.5. The Balaban J connectivity index is 1.82. The molecule has 0 saturated heterocycles. The van der Waals surface area contributed by atoms with E-state index in [4.69, 9.17) is 0 Å². The summed E-state index contributed by atoms with van der Waals surface area (Å²) in [7, 11) is -3.36. The Labute approximate surface area is 184 Å². The van der Waals surface area contributed by atoms with E-state index < -0.39 is 9.84 Å².